The number of carbonyl (C=O) groups is 2. The quantitative estimate of drug-likeness (QED) is 0.556. The van der Waals surface area contributed by atoms with Crippen LogP contribution in [0.4, 0.5) is 23.7 Å². The molecule has 0 saturated carbocycles. The zero-order chi connectivity index (χ0) is 23.4. The lowest BCUT2D eigenvalue weighted by atomic mass is 10.0. The number of piperidine rings is 1. The first kappa shape index (κ1) is 22.8. The molecule has 33 heavy (non-hydrogen) atoms. The van der Waals surface area contributed by atoms with Crippen molar-refractivity contribution in [3.63, 3.8) is 0 Å². The molecule has 1 unspecified atom stereocenters. The second-order valence-corrected chi connectivity index (χ2v) is 8.41. The summed E-state index contributed by atoms with van der Waals surface area (Å²) in [6, 6.07) is 9.19. The number of carbonyl (C=O) groups excluding carboxylic acids is 2. The van der Waals surface area contributed by atoms with Gasteiger partial charge in [-0.15, -0.1) is 11.3 Å². The number of anilines is 1. The number of likely N-dealkylation sites (tertiary alicyclic amines) is 1. The van der Waals surface area contributed by atoms with Crippen LogP contribution in [-0.4, -0.2) is 46.1 Å². The van der Waals surface area contributed by atoms with E-state index >= 15 is 0 Å². The Morgan fingerprint density at radius 1 is 1.18 bits per heavy atom. The van der Waals surface area contributed by atoms with Crippen molar-refractivity contribution in [2.75, 3.05) is 18.4 Å². The highest BCUT2D eigenvalue weighted by Crippen LogP contribution is 2.29. The Balaban J connectivity index is 1.37. The van der Waals surface area contributed by atoms with E-state index in [1.807, 2.05) is 5.38 Å². The molecule has 3 heterocycles. The third-order valence-corrected chi connectivity index (χ3v) is 6.06. The number of benzene rings is 1. The lowest BCUT2D eigenvalue weighted by Gasteiger charge is -2.35. The highest BCUT2D eigenvalue weighted by molar-refractivity contribution is 7.12. The zero-order valence-corrected chi connectivity index (χ0v) is 18.1. The van der Waals surface area contributed by atoms with Crippen LogP contribution in [0.1, 0.15) is 34.8 Å². The van der Waals surface area contributed by atoms with Gasteiger partial charge in [-0.1, -0.05) is 11.2 Å². The van der Waals surface area contributed by atoms with Gasteiger partial charge in [0.05, 0.1) is 10.9 Å². The number of urea groups is 1. The fourth-order valence-electron chi connectivity index (χ4n) is 3.54. The molecule has 2 N–H and O–H groups in total. The van der Waals surface area contributed by atoms with Crippen LogP contribution in [0, 0.1) is 0 Å². The molecular weight excluding hydrogens is 459 g/mol. The fourth-order valence-corrected chi connectivity index (χ4v) is 4.18. The van der Waals surface area contributed by atoms with E-state index in [4.69, 9.17) is 0 Å². The summed E-state index contributed by atoms with van der Waals surface area (Å²) < 4.78 is 42.1. The number of nitrogens with one attached hydrogen (secondary N) is 2. The van der Waals surface area contributed by atoms with Gasteiger partial charge in [-0.05, 0) is 55.0 Å². The van der Waals surface area contributed by atoms with Gasteiger partial charge in [0.15, 0.2) is 0 Å². The smallest absolute Gasteiger partial charge is 0.349 e. The Morgan fingerprint density at radius 3 is 2.64 bits per heavy atom. The van der Waals surface area contributed by atoms with Crippen molar-refractivity contribution in [3.05, 3.63) is 52.5 Å². The first-order chi connectivity index (χ1) is 15.8. The Labute approximate surface area is 190 Å². The third kappa shape index (κ3) is 5.51. The minimum atomic E-state index is -4.71. The van der Waals surface area contributed by atoms with Gasteiger partial charge in [-0.25, -0.2) is 4.79 Å². The van der Waals surface area contributed by atoms with E-state index < -0.39 is 12.1 Å². The van der Waals surface area contributed by atoms with Gasteiger partial charge in [0.25, 0.3) is 5.91 Å². The standard InChI is InChI=1S/C21H20F3N5O3S/c22-21(23,24)19-27-17(28-32-19)13-6-8-14(9-7-13)26-20(31)29-10-2-1-4-15(29)12-25-18(30)16-5-3-11-33-16/h3,5-9,11,15H,1-2,4,10,12H2,(H,25,30)(H,26,31). The van der Waals surface area contributed by atoms with Crippen molar-refractivity contribution in [2.45, 2.75) is 31.5 Å². The van der Waals surface area contributed by atoms with Crippen LogP contribution >= 0.6 is 11.3 Å². The van der Waals surface area contributed by atoms with E-state index in [2.05, 4.69) is 25.3 Å². The summed E-state index contributed by atoms with van der Waals surface area (Å²) >= 11 is 1.35. The highest BCUT2D eigenvalue weighted by Gasteiger charge is 2.38. The second kappa shape index (κ2) is 9.61. The molecule has 3 aromatic rings. The maximum atomic E-state index is 12.9. The highest BCUT2D eigenvalue weighted by atomic mass is 32.1. The molecule has 3 amide bonds. The summed E-state index contributed by atoms with van der Waals surface area (Å²) in [6.07, 6.45) is -2.12. The fraction of sp³-hybridized carbons (Fsp3) is 0.333. The van der Waals surface area contributed by atoms with Crippen molar-refractivity contribution >= 4 is 29.0 Å². The summed E-state index contributed by atoms with van der Waals surface area (Å²) in [6.45, 7) is 0.912. The summed E-state index contributed by atoms with van der Waals surface area (Å²) in [5, 5.41) is 10.9. The predicted octanol–water partition coefficient (Wildman–Crippen LogP) is 4.63. The topological polar surface area (TPSA) is 100 Å². The number of rotatable bonds is 5. The van der Waals surface area contributed by atoms with E-state index in [-0.39, 0.29) is 23.8 Å². The molecule has 1 aliphatic rings. The number of halogens is 3. The van der Waals surface area contributed by atoms with E-state index in [1.165, 1.54) is 23.5 Å². The van der Waals surface area contributed by atoms with Gasteiger partial charge in [0, 0.05) is 24.3 Å². The van der Waals surface area contributed by atoms with Crippen LogP contribution in [-0.2, 0) is 6.18 Å². The van der Waals surface area contributed by atoms with Gasteiger partial charge >= 0.3 is 18.1 Å². The summed E-state index contributed by atoms with van der Waals surface area (Å²) in [4.78, 5) is 30.7. The molecule has 0 aliphatic carbocycles. The van der Waals surface area contributed by atoms with E-state index in [0.717, 1.165) is 19.3 Å². The first-order valence-electron chi connectivity index (χ1n) is 10.2. The number of aromatic nitrogens is 2. The van der Waals surface area contributed by atoms with Gasteiger partial charge in [0.2, 0.25) is 5.82 Å². The zero-order valence-electron chi connectivity index (χ0n) is 17.3. The lowest BCUT2D eigenvalue weighted by Crippen LogP contribution is -2.50. The molecule has 8 nitrogen and oxygen atoms in total. The maximum absolute atomic E-state index is 12.9. The van der Waals surface area contributed by atoms with Crippen LogP contribution < -0.4 is 10.6 Å². The average molecular weight is 479 g/mol. The Hall–Kier alpha value is -3.41. The number of alkyl halides is 3. The first-order valence-corrected chi connectivity index (χ1v) is 11.1. The minimum Gasteiger partial charge on any atom is -0.349 e. The summed E-state index contributed by atoms with van der Waals surface area (Å²) in [5.41, 5.74) is 0.787. The number of thiophene rings is 1. The Kier molecular flexibility index (Phi) is 6.63. The molecule has 0 radical (unpaired) electrons. The van der Waals surface area contributed by atoms with Gasteiger partial charge in [-0.2, -0.15) is 18.2 Å². The molecule has 0 spiro atoms. The number of nitrogens with zero attached hydrogens (tertiary/aromatic N) is 3. The SMILES string of the molecule is O=C(NCC1CCCCN1C(=O)Nc1ccc(-c2noc(C(F)(F)F)n2)cc1)c1cccs1. The van der Waals surface area contributed by atoms with Gasteiger partial charge in [0.1, 0.15) is 0 Å². The van der Waals surface area contributed by atoms with Gasteiger partial charge < -0.3 is 20.1 Å². The summed E-state index contributed by atoms with van der Waals surface area (Å²) in [7, 11) is 0. The molecule has 2 aromatic heterocycles. The molecule has 1 aliphatic heterocycles. The molecule has 1 atom stereocenters. The molecule has 12 heteroatoms. The molecule has 0 bridgehead atoms. The van der Waals surface area contributed by atoms with Crippen molar-refractivity contribution < 1.29 is 27.3 Å². The van der Waals surface area contributed by atoms with E-state index in [9.17, 15) is 22.8 Å². The Bertz CT molecular complexity index is 1100. The van der Waals surface area contributed by atoms with Crippen LogP contribution in [0.2, 0.25) is 0 Å². The molecule has 174 valence electrons. The monoisotopic (exact) mass is 479 g/mol. The molecular formula is C21H20F3N5O3S. The van der Waals surface area contributed by atoms with Crippen LogP contribution in [0.5, 0.6) is 0 Å². The van der Waals surface area contributed by atoms with Crippen molar-refractivity contribution in [3.8, 4) is 11.4 Å². The van der Waals surface area contributed by atoms with E-state index in [1.54, 1.807) is 29.2 Å². The summed E-state index contributed by atoms with van der Waals surface area (Å²) in [5.74, 6) is -1.78. The van der Waals surface area contributed by atoms with Gasteiger partial charge in [-0.3, -0.25) is 4.79 Å². The van der Waals surface area contributed by atoms with Crippen molar-refractivity contribution in [1.29, 1.82) is 0 Å². The van der Waals surface area contributed by atoms with E-state index in [0.29, 0.717) is 29.2 Å². The molecule has 1 saturated heterocycles. The maximum Gasteiger partial charge on any atom is 0.471 e. The predicted molar refractivity (Wildman–Crippen MR) is 115 cm³/mol. The largest absolute Gasteiger partial charge is 0.471 e. The number of amides is 3. The molecule has 1 fully saturated rings. The normalized spacial score (nSPS) is 16.5. The van der Waals surface area contributed by atoms with Crippen molar-refractivity contribution in [2.24, 2.45) is 0 Å². The lowest BCUT2D eigenvalue weighted by molar-refractivity contribution is -0.159. The van der Waals surface area contributed by atoms with Crippen LogP contribution in [0.25, 0.3) is 11.4 Å². The second-order valence-electron chi connectivity index (χ2n) is 7.46. The third-order valence-electron chi connectivity index (χ3n) is 5.19. The molecule has 4 rings (SSSR count). The number of hydrogen-bond acceptors (Lipinski definition) is 6. The Morgan fingerprint density at radius 2 is 1.97 bits per heavy atom. The average Bonchev–Trinajstić information content (AvgIpc) is 3.50. The van der Waals surface area contributed by atoms with Crippen molar-refractivity contribution in [1.82, 2.24) is 20.4 Å². The minimum absolute atomic E-state index is 0.137. The van der Waals surface area contributed by atoms with Crippen LogP contribution in [0.3, 0.4) is 0 Å². The molecule has 1 aromatic carbocycles. The van der Waals surface area contributed by atoms with Crippen LogP contribution in [0.15, 0.2) is 46.3 Å². The number of hydrogen-bond donors (Lipinski definition) is 2.